The summed E-state index contributed by atoms with van der Waals surface area (Å²) >= 11 is 2.81. The molecule has 0 N–H and O–H groups in total. The van der Waals surface area contributed by atoms with Crippen molar-refractivity contribution >= 4 is 21.9 Å². The third-order valence-corrected chi connectivity index (χ3v) is 1.61. The molecule has 0 amide bonds. The summed E-state index contributed by atoms with van der Waals surface area (Å²) < 4.78 is 60.9. The molecule has 0 bridgehead atoms. The molecule has 3 nitrogen and oxygen atoms in total. The number of nitrogens with zero attached hydrogens (tertiary/aromatic N) is 1. The van der Waals surface area contributed by atoms with Crippen molar-refractivity contribution in [2.75, 3.05) is 7.04 Å². The van der Waals surface area contributed by atoms with Crippen molar-refractivity contribution in [3.05, 3.63) is 27.9 Å². The lowest BCUT2D eigenvalue weighted by atomic mass is 10.3. The molecule has 1 heterocycles. The maximum Gasteiger partial charge on any atom is 0.356 e. The van der Waals surface area contributed by atoms with Gasteiger partial charge in [0.05, 0.1) is 13.9 Å². The van der Waals surface area contributed by atoms with Crippen LogP contribution in [-0.4, -0.2) is 18.0 Å². The minimum Gasteiger partial charge on any atom is -0.464 e. The average Bonchev–Trinajstić information content (AvgIpc) is 2.18. The van der Waals surface area contributed by atoms with Crippen molar-refractivity contribution in [3.63, 3.8) is 0 Å². The van der Waals surface area contributed by atoms with Crippen molar-refractivity contribution < 1.29 is 20.5 Å². The monoisotopic (exact) mass is 237 g/mol. The molecule has 0 aliphatic carbocycles. The first kappa shape index (κ1) is 3.10. The van der Waals surface area contributed by atoms with Crippen LogP contribution in [0.2, 0.25) is 0 Å². The molecule has 0 unspecified atom stereocenters. The van der Waals surface area contributed by atoms with Gasteiger partial charge < -0.3 is 4.74 Å². The topological polar surface area (TPSA) is 39.2 Å². The summed E-state index contributed by atoms with van der Waals surface area (Å²) in [5, 5.41) is 0. The van der Waals surface area contributed by atoms with Gasteiger partial charge in [0, 0.05) is 14.8 Å². The van der Waals surface area contributed by atoms with Crippen molar-refractivity contribution in [1.82, 2.24) is 4.98 Å². The molecule has 64 valence electrons. The fourth-order valence-electron chi connectivity index (χ4n) is 0.500. The molecule has 0 fully saturated rings. The molecule has 1 aromatic rings. The van der Waals surface area contributed by atoms with Crippen molar-refractivity contribution in [3.8, 4) is 0 Å². The third kappa shape index (κ3) is 1.82. The maximum atomic E-state index is 11.5. The van der Waals surface area contributed by atoms with Crippen LogP contribution in [-0.2, 0) is 4.74 Å². The summed E-state index contributed by atoms with van der Waals surface area (Å²) in [5.74, 6) is -1.43. The number of halogens is 1. The summed E-state index contributed by atoms with van der Waals surface area (Å²) in [7, 11) is -3.03. The Hall–Kier alpha value is -0.900. The van der Waals surface area contributed by atoms with E-state index in [0.29, 0.717) is 0 Å². The fourth-order valence-corrected chi connectivity index (χ4v) is 0.777. The zero-order chi connectivity index (χ0) is 15.9. The average molecular weight is 238 g/mol. The van der Waals surface area contributed by atoms with Crippen LogP contribution < -0.4 is 0 Å². The Balaban J connectivity index is 3.37. The van der Waals surface area contributed by atoms with Gasteiger partial charge in [-0.15, -0.1) is 0 Å². The van der Waals surface area contributed by atoms with E-state index in [1.165, 1.54) is 0 Å². The fraction of sp³-hybridized carbons (Fsp3) is 0.250. The molecule has 0 saturated heterocycles. The summed E-state index contributed by atoms with van der Waals surface area (Å²) in [6, 6.07) is -0.652. The molecule has 0 aliphatic heterocycles. The predicted molar refractivity (Wildman–Crippen MR) is 48.0 cm³/mol. The molecule has 1 rings (SSSR count). The molecule has 0 saturated carbocycles. The van der Waals surface area contributed by atoms with E-state index < -0.39 is 43.3 Å². The van der Waals surface area contributed by atoms with Gasteiger partial charge in [0.15, 0.2) is 0 Å². The van der Waals surface area contributed by atoms with E-state index in [4.69, 9.17) is 11.0 Å². The zero-order valence-electron chi connectivity index (χ0n) is 13.6. The number of hydrogen-bond acceptors (Lipinski definition) is 3. The number of esters is 1. The van der Waals surface area contributed by atoms with E-state index in [1.54, 1.807) is 0 Å². The minimum atomic E-state index is -3.03. The van der Waals surface area contributed by atoms with E-state index in [1.807, 2.05) is 0 Å². The van der Waals surface area contributed by atoms with Gasteiger partial charge in [-0.1, -0.05) is 15.9 Å². The van der Waals surface area contributed by atoms with Gasteiger partial charge >= 0.3 is 5.97 Å². The second-order valence-electron chi connectivity index (χ2n) is 1.78. The number of carbonyl (C=O) groups is 1. The van der Waals surface area contributed by atoms with Crippen LogP contribution in [0, 0.1) is 6.85 Å². The number of rotatable bonds is 1. The SMILES string of the molecule is [2H]c1nc(C(=O)OC([2H])([2H])[2H])c([2H])c(Br)c1C([2H])([2H])[2H]. The summed E-state index contributed by atoms with van der Waals surface area (Å²) in [5.41, 5.74) is -1.28. The van der Waals surface area contributed by atoms with E-state index in [0.717, 1.165) is 0 Å². The van der Waals surface area contributed by atoms with Gasteiger partial charge in [0.1, 0.15) is 5.69 Å². The van der Waals surface area contributed by atoms with Crippen LogP contribution in [0.4, 0.5) is 0 Å². The smallest absolute Gasteiger partial charge is 0.356 e. The lowest BCUT2D eigenvalue weighted by Crippen LogP contribution is -2.04. The molecule has 0 aliphatic rings. The molecule has 0 radical (unpaired) electrons. The second-order valence-corrected chi connectivity index (χ2v) is 2.57. The maximum absolute atomic E-state index is 11.5. The van der Waals surface area contributed by atoms with Crippen LogP contribution in [0.1, 0.15) is 27.0 Å². The second kappa shape index (κ2) is 3.67. The third-order valence-electron chi connectivity index (χ3n) is 1.01. The lowest BCUT2D eigenvalue weighted by Gasteiger charge is -2.00. The molecule has 12 heavy (non-hydrogen) atoms. The molecule has 0 spiro atoms. The largest absolute Gasteiger partial charge is 0.464 e. The van der Waals surface area contributed by atoms with Gasteiger partial charge in [-0.05, 0) is 18.5 Å². The first-order valence-corrected chi connectivity index (χ1v) is 3.54. The Morgan fingerprint density at radius 2 is 2.75 bits per heavy atom. The Labute approximate surface area is 90.1 Å². The number of methoxy groups -OCH3 is 1. The number of ether oxygens (including phenoxy) is 1. The van der Waals surface area contributed by atoms with Crippen LogP contribution in [0.3, 0.4) is 0 Å². The van der Waals surface area contributed by atoms with Crippen molar-refractivity contribution in [1.29, 1.82) is 0 Å². The first-order chi connectivity index (χ1) is 8.84. The lowest BCUT2D eigenvalue weighted by molar-refractivity contribution is 0.0594. The van der Waals surface area contributed by atoms with Gasteiger partial charge in [-0.25, -0.2) is 9.78 Å². The van der Waals surface area contributed by atoms with Gasteiger partial charge in [0.25, 0.3) is 0 Å². The Bertz CT molecular complexity index is 553. The molecule has 0 atom stereocenters. The Morgan fingerprint density at radius 1 is 1.92 bits per heavy atom. The van der Waals surface area contributed by atoms with E-state index in [2.05, 4.69) is 25.7 Å². The molecular formula is C8H8BrNO2. The first-order valence-electron chi connectivity index (χ1n) is 6.75. The highest BCUT2D eigenvalue weighted by molar-refractivity contribution is 9.10. The minimum absolute atomic E-state index is 0.324. The number of pyridine rings is 1. The van der Waals surface area contributed by atoms with Crippen molar-refractivity contribution in [2.45, 2.75) is 6.85 Å². The summed E-state index contributed by atoms with van der Waals surface area (Å²) in [4.78, 5) is 14.9. The normalized spacial score (nSPS) is 21.4. The predicted octanol–water partition coefficient (Wildman–Crippen LogP) is 1.94. The zero-order valence-corrected chi connectivity index (χ0v) is 7.23. The van der Waals surface area contributed by atoms with E-state index in [9.17, 15) is 4.79 Å². The number of hydrogen-bond donors (Lipinski definition) is 0. The molecule has 0 aromatic carbocycles. The Kier molecular flexibility index (Phi) is 0.949. The van der Waals surface area contributed by atoms with Crippen LogP contribution in [0.25, 0.3) is 0 Å². The van der Waals surface area contributed by atoms with Gasteiger partial charge in [-0.3, -0.25) is 0 Å². The van der Waals surface area contributed by atoms with Crippen LogP contribution in [0.5, 0.6) is 0 Å². The van der Waals surface area contributed by atoms with Crippen LogP contribution in [0.15, 0.2) is 16.7 Å². The standard InChI is InChI=1S/C8H8BrNO2/c1-5-4-10-7(3-6(5)9)8(11)12-2/h3-4H,1-2H3/i1D3,2D3,3D,4D. The quantitative estimate of drug-likeness (QED) is 0.702. The summed E-state index contributed by atoms with van der Waals surface area (Å²) in [6.07, 6.45) is -0.759. The number of aromatic nitrogens is 1. The van der Waals surface area contributed by atoms with Gasteiger partial charge in [-0.2, -0.15) is 0 Å². The van der Waals surface area contributed by atoms with Crippen LogP contribution >= 0.6 is 15.9 Å². The molecule has 1 aromatic heterocycles. The highest BCUT2D eigenvalue weighted by atomic mass is 79.9. The molecular weight excluding hydrogens is 222 g/mol. The highest BCUT2D eigenvalue weighted by Crippen LogP contribution is 2.15. The highest BCUT2D eigenvalue weighted by Gasteiger charge is 2.07. The molecule has 4 heteroatoms. The van der Waals surface area contributed by atoms with E-state index in [-0.39, 0.29) is 4.47 Å². The summed E-state index contributed by atoms with van der Waals surface area (Å²) in [6.45, 7) is -2.70. The Morgan fingerprint density at radius 3 is 3.42 bits per heavy atom. The number of carbonyl (C=O) groups excluding carboxylic acids is 1. The van der Waals surface area contributed by atoms with Crippen molar-refractivity contribution in [2.24, 2.45) is 0 Å². The van der Waals surface area contributed by atoms with Gasteiger partial charge in [0.2, 0.25) is 0 Å². The van der Waals surface area contributed by atoms with E-state index >= 15 is 0 Å².